The van der Waals surface area contributed by atoms with Crippen LogP contribution in [0, 0.1) is 5.82 Å². The second-order valence-electron chi connectivity index (χ2n) is 6.94. The first kappa shape index (κ1) is 24.8. The van der Waals surface area contributed by atoms with Crippen molar-refractivity contribution in [2.45, 2.75) is 23.5 Å². The Morgan fingerprint density at radius 3 is 2.55 bits per heavy atom. The van der Waals surface area contributed by atoms with Gasteiger partial charge in [-0.25, -0.2) is 4.39 Å². The van der Waals surface area contributed by atoms with Crippen molar-refractivity contribution >= 4 is 63.7 Å². The maximum absolute atomic E-state index is 13.4. The van der Waals surface area contributed by atoms with Gasteiger partial charge < -0.3 is 20.7 Å². The normalized spacial score (nSPS) is 11.4. The zero-order valence-corrected chi connectivity index (χ0v) is 20.4. The number of para-hydroxylation sites is 2. The van der Waals surface area contributed by atoms with E-state index in [9.17, 15) is 9.18 Å². The van der Waals surface area contributed by atoms with E-state index in [1.807, 2.05) is 55.5 Å². The first-order valence-corrected chi connectivity index (χ1v) is 11.8. The van der Waals surface area contributed by atoms with Gasteiger partial charge in [-0.3, -0.25) is 4.79 Å². The van der Waals surface area contributed by atoms with Crippen LogP contribution in [0.25, 0.3) is 0 Å². The molecule has 1 unspecified atom stereocenters. The fraction of sp³-hybridized carbons (Fsp3) is 0.167. The highest BCUT2D eigenvalue weighted by Crippen LogP contribution is 2.29. The Kier molecular flexibility index (Phi) is 8.94. The summed E-state index contributed by atoms with van der Waals surface area (Å²) in [7, 11) is 1.60. The highest BCUT2D eigenvalue weighted by atomic mass is 35.5. The van der Waals surface area contributed by atoms with Gasteiger partial charge >= 0.3 is 0 Å². The quantitative estimate of drug-likeness (QED) is 0.232. The van der Waals surface area contributed by atoms with E-state index < -0.39 is 5.82 Å². The van der Waals surface area contributed by atoms with Crippen LogP contribution in [0.5, 0.6) is 5.75 Å². The maximum Gasteiger partial charge on any atom is 0.237 e. The van der Waals surface area contributed by atoms with Crippen molar-refractivity contribution in [1.82, 2.24) is 0 Å². The highest BCUT2D eigenvalue weighted by Gasteiger charge is 2.19. The van der Waals surface area contributed by atoms with Crippen LogP contribution in [-0.4, -0.2) is 23.4 Å². The van der Waals surface area contributed by atoms with E-state index in [0.29, 0.717) is 23.0 Å². The number of anilines is 3. The molecule has 0 aromatic heterocycles. The number of thioether (sulfide) groups is 1. The molecule has 0 saturated carbocycles. The van der Waals surface area contributed by atoms with E-state index in [2.05, 4.69) is 16.0 Å². The van der Waals surface area contributed by atoms with Crippen LogP contribution in [0.4, 0.5) is 21.5 Å². The van der Waals surface area contributed by atoms with Gasteiger partial charge in [0.1, 0.15) is 11.6 Å². The molecular formula is C24H23ClFN3O2S2. The molecule has 0 fully saturated rings. The molecule has 0 spiro atoms. The molecule has 0 bridgehead atoms. The molecule has 0 saturated heterocycles. The Morgan fingerprint density at radius 2 is 1.82 bits per heavy atom. The average molecular weight is 504 g/mol. The summed E-state index contributed by atoms with van der Waals surface area (Å²) < 4.78 is 18.7. The Balaban J connectivity index is 1.63. The Labute approximate surface area is 207 Å². The Morgan fingerprint density at radius 1 is 1.06 bits per heavy atom. The van der Waals surface area contributed by atoms with Crippen LogP contribution in [0.1, 0.15) is 13.3 Å². The number of benzene rings is 3. The first-order valence-electron chi connectivity index (χ1n) is 10.1. The van der Waals surface area contributed by atoms with Crippen molar-refractivity contribution in [2.75, 3.05) is 23.1 Å². The van der Waals surface area contributed by atoms with Crippen LogP contribution in [-0.2, 0) is 4.79 Å². The molecule has 172 valence electrons. The van der Waals surface area contributed by atoms with Crippen LogP contribution in [0.2, 0.25) is 5.02 Å². The molecule has 3 N–H and O–H groups in total. The molecule has 3 aromatic carbocycles. The van der Waals surface area contributed by atoms with Gasteiger partial charge in [0.15, 0.2) is 5.11 Å². The number of methoxy groups -OCH3 is 1. The number of carbonyl (C=O) groups excluding carboxylic acids is 1. The zero-order valence-electron chi connectivity index (χ0n) is 18.0. The number of rotatable bonds is 8. The molecule has 0 aliphatic heterocycles. The first-order chi connectivity index (χ1) is 15.9. The van der Waals surface area contributed by atoms with Gasteiger partial charge in [-0.05, 0) is 67.2 Å². The highest BCUT2D eigenvalue weighted by molar-refractivity contribution is 8.00. The number of halogens is 2. The monoisotopic (exact) mass is 503 g/mol. The molecule has 3 rings (SSSR count). The molecule has 5 nitrogen and oxygen atoms in total. The van der Waals surface area contributed by atoms with Gasteiger partial charge in [0.05, 0.1) is 23.1 Å². The van der Waals surface area contributed by atoms with Gasteiger partial charge in [-0.1, -0.05) is 36.7 Å². The van der Waals surface area contributed by atoms with E-state index >= 15 is 0 Å². The van der Waals surface area contributed by atoms with E-state index in [1.54, 1.807) is 7.11 Å². The summed E-state index contributed by atoms with van der Waals surface area (Å²) in [6, 6.07) is 19.2. The molecular weight excluding hydrogens is 481 g/mol. The summed E-state index contributed by atoms with van der Waals surface area (Å²) in [4.78, 5) is 13.6. The van der Waals surface area contributed by atoms with Gasteiger partial charge in [0.2, 0.25) is 5.91 Å². The molecule has 0 heterocycles. The molecule has 9 heteroatoms. The third kappa shape index (κ3) is 7.08. The van der Waals surface area contributed by atoms with Gasteiger partial charge in [0.25, 0.3) is 0 Å². The van der Waals surface area contributed by atoms with Crippen molar-refractivity contribution < 1.29 is 13.9 Å². The number of carbonyl (C=O) groups is 1. The van der Waals surface area contributed by atoms with Crippen LogP contribution < -0.4 is 20.7 Å². The molecule has 33 heavy (non-hydrogen) atoms. The molecule has 3 aromatic rings. The third-order valence-corrected chi connectivity index (χ3v) is 6.43. The second kappa shape index (κ2) is 11.9. The summed E-state index contributed by atoms with van der Waals surface area (Å²) >= 11 is 12.7. The summed E-state index contributed by atoms with van der Waals surface area (Å²) in [6.07, 6.45) is 0.608. The van der Waals surface area contributed by atoms with Crippen molar-refractivity contribution in [3.8, 4) is 5.75 Å². The minimum absolute atomic E-state index is 0.0371. The van der Waals surface area contributed by atoms with E-state index in [1.165, 1.54) is 30.0 Å². The Bertz CT molecular complexity index is 1150. The van der Waals surface area contributed by atoms with E-state index in [0.717, 1.165) is 16.3 Å². The average Bonchev–Trinajstić information content (AvgIpc) is 2.80. The lowest BCUT2D eigenvalue weighted by Gasteiger charge is -2.16. The van der Waals surface area contributed by atoms with Gasteiger partial charge in [0, 0.05) is 16.3 Å². The summed E-state index contributed by atoms with van der Waals surface area (Å²) in [5, 5.41) is 9.11. The van der Waals surface area contributed by atoms with Gasteiger partial charge in [-0.2, -0.15) is 0 Å². The number of hydrogen-bond acceptors (Lipinski definition) is 4. The van der Waals surface area contributed by atoms with Gasteiger partial charge in [-0.15, -0.1) is 11.8 Å². The number of nitrogens with one attached hydrogen (secondary N) is 3. The second-order valence-corrected chi connectivity index (χ2v) is 9.03. The number of ether oxygens (including phenoxy) is 1. The fourth-order valence-electron chi connectivity index (χ4n) is 2.96. The number of hydrogen-bond donors (Lipinski definition) is 3. The minimum atomic E-state index is -0.529. The Hall–Kier alpha value is -2.81. The zero-order chi connectivity index (χ0) is 23.8. The number of thiocarbonyl (C=S) groups is 1. The SMILES string of the molecule is CCC(Sc1cccc(NC(=S)Nc2ccccc2OC)c1)C(=O)Nc1ccc(F)c(Cl)c1. The lowest BCUT2D eigenvalue weighted by Crippen LogP contribution is -2.24. The fourth-order valence-corrected chi connectivity index (χ4v) is 4.38. The standard InChI is InChI=1S/C24H23ClFN3O2S2/c1-3-22(23(30)27-16-11-12-19(26)18(25)14-16)33-17-8-6-7-15(13-17)28-24(32)29-20-9-4-5-10-21(20)31-2/h4-14,22H,3H2,1-2H3,(H,27,30)(H2,28,29,32). The van der Waals surface area contributed by atoms with Crippen molar-refractivity contribution in [3.05, 3.63) is 77.6 Å². The third-order valence-electron chi connectivity index (χ3n) is 4.58. The predicted molar refractivity (Wildman–Crippen MR) is 139 cm³/mol. The molecule has 1 amide bonds. The molecule has 0 aliphatic rings. The number of amides is 1. The topological polar surface area (TPSA) is 62.4 Å². The van der Waals surface area contributed by atoms with E-state index in [-0.39, 0.29) is 16.2 Å². The van der Waals surface area contributed by atoms with Crippen LogP contribution in [0.15, 0.2) is 71.6 Å². The largest absolute Gasteiger partial charge is 0.495 e. The smallest absolute Gasteiger partial charge is 0.237 e. The predicted octanol–water partition coefficient (Wildman–Crippen LogP) is 6.81. The van der Waals surface area contributed by atoms with Crippen LogP contribution >= 0.6 is 35.6 Å². The van der Waals surface area contributed by atoms with Crippen LogP contribution in [0.3, 0.4) is 0 Å². The lowest BCUT2D eigenvalue weighted by atomic mass is 10.2. The van der Waals surface area contributed by atoms with E-state index in [4.69, 9.17) is 28.6 Å². The summed E-state index contributed by atoms with van der Waals surface area (Å²) in [5.41, 5.74) is 1.99. The minimum Gasteiger partial charge on any atom is -0.495 e. The maximum atomic E-state index is 13.4. The van der Waals surface area contributed by atoms with Crippen molar-refractivity contribution in [3.63, 3.8) is 0 Å². The lowest BCUT2D eigenvalue weighted by molar-refractivity contribution is -0.115. The summed E-state index contributed by atoms with van der Waals surface area (Å²) in [5.74, 6) is -0.0272. The van der Waals surface area contributed by atoms with Crippen molar-refractivity contribution in [1.29, 1.82) is 0 Å². The summed E-state index contributed by atoms with van der Waals surface area (Å²) in [6.45, 7) is 1.93. The molecule has 1 atom stereocenters. The molecule has 0 aliphatic carbocycles. The van der Waals surface area contributed by atoms with Crippen molar-refractivity contribution in [2.24, 2.45) is 0 Å². The molecule has 0 radical (unpaired) electrons.